The predicted octanol–water partition coefficient (Wildman–Crippen LogP) is 2.37. The lowest BCUT2D eigenvalue weighted by Crippen LogP contribution is -2.37. The van der Waals surface area contributed by atoms with Crippen LogP contribution in [0.3, 0.4) is 0 Å². The van der Waals surface area contributed by atoms with Gasteiger partial charge < -0.3 is 4.90 Å². The number of carbonyl (C=O) groups is 1. The molecule has 3 nitrogen and oxygen atoms in total. The first kappa shape index (κ1) is 12.9. The van der Waals surface area contributed by atoms with E-state index in [1.165, 1.54) is 19.3 Å². The predicted molar refractivity (Wildman–Crippen MR) is 69.5 cm³/mol. The highest BCUT2D eigenvalue weighted by molar-refractivity contribution is 5.85. The zero-order valence-electron chi connectivity index (χ0n) is 11.6. The highest BCUT2D eigenvalue weighted by atomic mass is 16.2. The second kappa shape index (κ2) is 4.97. The van der Waals surface area contributed by atoms with Crippen molar-refractivity contribution in [3.63, 3.8) is 0 Å². The third-order valence-corrected chi connectivity index (χ3v) is 4.47. The molecule has 17 heavy (non-hydrogen) atoms. The minimum atomic E-state index is 0.0536. The van der Waals surface area contributed by atoms with Gasteiger partial charge in [-0.1, -0.05) is 33.6 Å². The van der Waals surface area contributed by atoms with Gasteiger partial charge in [-0.2, -0.15) is 0 Å². The largest absolute Gasteiger partial charge is 0.323 e. The van der Waals surface area contributed by atoms with Crippen LogP contribution in [-0.4, -0.2) is 29.1 Å². The first-order chi connectivity index (χ1) is 8.10. The summed E-state index contributed by atoms with van der Waals surface area (Å²) in [6.07, 6.45) is 5.02. The number of amides is 1. The van der Waals surface area contributed by atoms with Crippen molar-refractivity contribution in [3.8, 4) is 0 Å². The Morgan fingerprint density at radius 3 is 2.76 bits per heavy atom. The summed E-state index contributed by atoms with van der Waals surface area (Å²) in [6, 6.07) is 0.580. The molecule has 5 atom stereocenters. The number of hydrogen-bond acceptors (Lipinski definition) is 2. The number of carbonyl (C=O) groups excluding carboxylic acids is 1. The molecule has 1 saturated carbocycles. The van der Waals surface area contributed by atoms with E-state index < -0.39 is 0 Å². The molecule has 1 aliphatic carbocycles. The minimum Gasteiger partial charge on any atom is -0.323 e. The van der Waals surface area contributed by atoms with E-state index in [9.17, 15) is 4.79 Å². The molecule has 5 unspecified atom stereocenters. The molecule has 0 spiro atoms. The summed E-state index contributed by atoms with van der Waals surface area (Å²) in [5.74, 6) is 1.55. The number of nitrogens with zero attached hydrogens (tertiary/aromatic N) is 1. The van der Waals surface area contributed by atoms with E-state index in [1.54, 1.807) is 0 Å². The SMILES string of the molecule is CCCC1CC1N1C(=O)C(C(C)CC)NC1C. The van der Waals surface area contributed by atoms with Crippen molar-refractivity contribution in [2.24, 2.45) is 11.8 Å². The fraction of sp³-hybridized carbons (Fsp3) is 0.929. The molecular weight excluding hydrogens is 212 g/mol. The molecule has 1 aliphatic heterocycles. The summed E-state index contributed by atoms with van der Waals surface area (Å²) in [7, 11) is 0. The van der Waals surface area contributed by atoms with Crippen molar-refractivity contribution >= 4 is 5.91 Å². The number of nitrogens with one attached hydrogen (secondary N) is 1. The Hall–Kier alpha value is -0.570. The van der Waals surface area contributed by atoms with E-state index in [-0.39, 0.29) is 12.2 Å². The highest BCUT2D eigenvalue weighted by Gasteiger charge is 2.50. The van der Waals surface area contributed by atoms with Crippen molar-refractivity contribution in [1.29, 1.82) is 0 Å². The zero-order valence-corrected chi connectivity index (χ0v) is 11.6. The van der Waals surface area contributed by atoms with E-state index in [0.29, 0.717) is 17.9 Å². The molecule has 0 radical (unpaired) electrons. The van der Waals surface area contributed by atoms with E-state index in [2.05, 4.69) is 37.9 Å². The molecule has 0 aromatic rings. The quantitative estimate of drug-likeness (QED) is 0.797. The molecule has 1 saturated heterocycles. The van der Waals surface area contributed by atoms with Gasteiger partial charge in [-0.15, -0.1) is 0 Å². The van der Waals surface area contributed by atoms with Gasteiger partial charge in [0.1, 0.15) is 0 Å². The maximum absolute atomic E-state index is 12.4. The van der Waals surface area contributed by atoms with E-state index in [4.69, 9.17) is 0 Å². The van der Waals surface area contributed by atoms with Crippen LogP contribution in [0, 0.1) is 11.8 Å². The zero-order chi connectivity index (χ0) is 12.6. The van der Waals surface area contributed by atoms with Crippen molar-refractivity contribution in [2.75, 3.05) is 0 Å². The number of rotatable bonds is 5. The second-order valence-corrected chi connectivity index (χ2v) is 5.80. The van der Waals surface area contributed by atoms with Gasteiger partial charge in [0.15, 0.2) is 0 Å². The van der Waals surface area contributed by atoms with Gasteiger partial charge in [-0.3, -0.25) is 10.1 Å². The third-order valence-electron chi connectivity index (χ3n) is 4.47. The summed E-state index contributed by atoms with van der Waals surface area (Å²) in [4.78, 5) is 14.5. The van der Waals surface area contributed by atoms with Gasteiger partial charge in [0.25, 0.3) is 0 Å². The van der Waals surface area contributed by atoms with Crippen LogP contribution in [0.4, 0.5) is 0 Å². The molecule has 0 aromatic heterocycles. The summed E-state index contributed by atoms with van der Waals surface area (Å²) in [5.41, 5.74) is 0. The van der Waals surface area contributed by atoms with Crippen LogP contribution >= 0.6 is 0 Å². The first-order valence-electron chi connectivity index (χ1n) is 7.18. The van der Waals surface area contributed by atoms with E-state index >= 15 is 0 Å². The van der Waals surface area contributed by atoms with Crippen LogP contribution in [0.2, 0.25) is 0 Å². The molecule has 1 N–H and O–H groups in total. The Bertz CT molecular complexity index is 292. The standard InChI is InChI=1S/C14H26N2O/c1-5-7-11-8-12(11)16-10(4)15-13(14(16)17)9(3)6-2/h9-13,15H,5-8H2,1-4H3. The molecule has 98 valence electrons. The Balaban J connectivity index is 1.98. The number of hydrogen-bond donors (Lipinski definition) is 1. The van der Waals surface area contributed by atoms with Crippen molar-refractivity contribution < 1.29 is 4.79 Å². The van der Waals surface area contributed by atoms with Crippen LogP contribution in [0.25, 0.3) is 0 Å². The lowest BCUT2D eigenvalue weighted by molar-refractivity contribution is -0.131. The van der Waals surface area contributed by atoms with Gasteiger partial charge in [-0.25, -0.2) is 0 Å². The second-order valence-electron chi connectivity index (χ2n) is 5.80. The maximum atomic E-state index is 12.4. The molecule has 0 bridgehead atoms. The molecule has 2 rings (SSSR count). The summed E-state index contributed by atoms with van der Waals surface area (Å²) >= 11 is 0. The molecule has 1 heterocycles. The van der Waals surface area contributed by atoms with Gasteiger partial charge in [0.05, 0.1) is 12.2 Å². The van der Waals surface area contributed by atoms with Crippen molar-refractivity contribution in [1.82, 2.24) is 10.2 Å². The summed E-state index contributed by atoms with van der Waals surface area (Å²) < 4.78 is 0. The smallest absolute Gasteiger partial charge is 0.241 e. The molecule has 0 aromatic carbocycles. The average Bonchev–Trinajstić information content (AvgIpc) is 2.98. The molecular formula is C14H26N2O. The van der Waals surface area contributed by atoms with Crippen molar-refractivity contribution in [3.05, 3.63) is 0 Å². The summed E-state index contributed by atoms with van der Waals surface area (Å²) in [5, 5.41) is 3.46. The Kier molecular flexibility index (Phi) is 3.76. The van der Waals surface area contributed by atoms with Gasteiger partial charge >= 0.3 is 0 Å². The van der Waals surface area contributed by atoms with Crippen molar-refractivity contribution in [2.45, 2.75) is 71.6 Å². The monoisotopic (exact) mass is 238 g/mol. The van der Waals surface area contributed by atoms with E-state index in [1.807, 2.05) is 0 Å². The Labute approximate surface area is 105 Å². The minimum absolute atomic E-state index is 0.0536. The molecule has 2 fully saturated rings. The van der Waals surface area contributed by atoms with Crippen LogP contribution in [0.1, 0.15) is 53.4 Å². The normalized spacial score (nSPS) is 38.6. The molecule has 3 heteroatoms. The summed E-state index contributed by atoms with van der Waals surface area (Å²) in [6.45, 7) is 8.68. The fourth-order valence-corrected chi connectivity index (χ4v) is 3.11. The van der Waals surface area contributed by atoms with Crippen LogP contribution in [0.15, 0.2) is 0 Å². The van der Waals surface area contributed by atoms with Crippen LogP contribution < -0.4 is 5.32 Å². The van der Waals surface area contributed by atoms with Crippen LogP contribution in [-0.2, 0) is 4.79 Å². The first-order valence-corrected chi connectivity index (χ1v) is 7.18. The Morgan fingerprint density at radius 2 is 2.18 bits per heavy atom. The van der Waals surface area contributed by atoms with Gasteiger partial charge in [-0.05, 0) is 31.6 Å². The lowest BCUT2D eigenvalue weighted by atomic mass is 9.99. The van der Waals surface area contributed by atoms with Crippen LogP contribution in [0.5, 0.6) is 0 Å². The van der Waals surface area contributed by atoms with Gasteiger partial charge in [0.2, 0.25) is 5.91 Å². The maximum Gasteiger partial charge on any atom is 0.241 e. The molecule has 2 aliphatic rings. The fourth-order valence-electron chi connectivity index (χ4n) is 3.11. The highest BCUT2D eigenvalue weighted by Crippen LogP contribution is 2.42. The Morgan fingerprint density at radius 1 is 1.47 bits per heavy atom. The molecule has 1 amide bonds. The van der Waals surface area contributed by atoms with Gasteiger partial charge in [0, 0.05) is 6.04 Å². The average molecular weight is 238 g/mol. The lowest BCUT2D eigenvalue weighted by Gasteiger charge is -2.21. The van der Waals surface area contributed by atoms with E-state index in [0.717, 1.165) is 12.3 Å². The third kappa shape index (κ3) is 2.35. The topological polar surface area (TPSA) is 32.3 Å².